The zero-order valence-electron chi connectivity index (χ0n) is 9.68. The molecular formula is C11H18N2O2. The predicted octanol–water partition coefficient (Wildman–Crippen LogP) is 1.60. The van der Waals surface area contributed by atoms with Crippen LogP contribution in [-0.2, 0) is 0 Å². The second-order valence-electron chi connectivity index (χ2n) is 3.18. The maximum Gasteiger partial charge on any atom is 0.148 e. The van der Waals surface area contributed by atoms with Crippen molar-refractivity contribution in [2.75, 3.05) is 33.3 Å². The normalized spacial score (nSPS) is 9.87. The fourth-order valence-corrected chi connectivity index (χ4v) is 1.48. The number of methoxy groups -OCH3 is 2. The van der Waals surface area contributed by atoms with Crippen molar-refractivity contribution < 1.29 is 9.47 Å². The van der Waals surface area contributed by atoms with Gasteiger partial charge in [0.05, 0.1) is 26.6 Å². The van der Waals surface area contributed by atoms with Gasteiger partial charge in [0.1, 0.15) is 11.5 Å². The second kappa shape index (κ2) is 5.46. The molecule has 0 atom stereocenters. The molecule has 2 N–H and O–H groups in total. The van der Waals surface area contributed by atoms with E-state index in [1.165, 1.54) is 0 Å². The smallest absolute Gasteiger partial charge is 0.148 e. The summed E-state index contributed by atoms with van der Waals surface area (Å²) >= 11 is 0. The topological polar surface area (TPSA) is 42.5 Å². The molecule has 0 amide bonds. The Morgan fingerprint density at radius 3 is 2.47 bits per heavy atom. The minimum absolute atomic E-state index is 0.697. The van der Waals surface area contributed by atoms with Crippen molar-refractivity contribution in [3.8, 4) is 11.5 Å². The maximum absolute atomic E-state index is 5.35. The standard InChI is InChI=1S/C11H18N2O2/c1-8-10(14-3)6-5-9(11(8)15-4)13-7-12-2/h5-6,12-13H,7H2,1-4H3. The third kappa shape index (κ3) is 2.53. The van der Waals surface area contributed by atoms with E-state index in [0.717, 1.165) is 22.7 Å². The lowest BCUT2D eigenvalue weighted by Crippen LogP contribution is -2.17. The van der Waals surface area contributed by atoms with Gasteiger partial charge in [-0.2, -0.15) is 0 Å². The van der Waals surface area contributed by atoms with Gasteiger partial charge in [-0.1, -0.05) is 0 Å². The molecule has 15 heavy (non-hydrogen) atoms. The molecule has 4 heteroatoms. The lowest BCUT2D eigenvalue weighted by atomic mass is 10.1. The first-order valence-corrected chi connectivity index (χ1v) is 4.84. The van der Waals surface area contributed by atoms with Gasteiger partial charge in [0.2, 0.25) is 0 Å². The van der Waals surface area contributed by atoms with Crippen LogP contribution in [0.25, 0.3) is 0 Å². The van der Waals surface area contributed by atoms with Gasteiger partial charge in [0.15, 0.2) is 0 Å². The van der Waals surface area contributed by atoms with E-state index in [1.54, 1.807) is 14.2 Å². The first-order chi connectivity index (χ1) is 7.24. The quantitative estimate of drug-likeness (QED) is 0.724. The molecule has 0 bridgehead atoms. The largest absolute Gasteiger partial charge is 0.496 e. The molecule has 0 saturated carbocycles. The van der Waals surface area contributed by atoms with E-state index in [2.05, 4.69) is 10.6 Å². The molecule has 0 unspecified atom stereocenters. The van der Waals surface area contributed by atoms with Crippen molar-refractivity contribution in [2.24, 2.45) is 0 Å². The first-order valence-electron chi connectivity index (χ1n) is 4.84. The van der Waals surface area contributed by atoms with Crippen LogP contribution in [-0.4, -0.2) is 27.9 Å². The lowest BCUT2D eigenvalue weighted by molar-refractivity contribution is 0.390. The summed E-state index contributed by atoms with van der Waals surface area (Å²) in [4.78, 5) is 0. The summed E-state index contributed by atoms with van der Waals surface area (Å²) in [5.41, 5.74) is 1.96. The molecule has 0 saturated heterocycles. The number of benzene rings is 1. The average molecular weight is 210 g/mol. The first kappa shape index (κ1) is 11.7. The Bertz CT molecular complexity index is 327. The molecule has 0 spiro atoms. The fourth-order valence-electron chi connectivity index (χ4n) is 1.48. The van der Waals surface area contributed by atoms with E-state index < -0.39 is 0 Å². The van der Waals surface area contributed by atoms with Crippen molar-refractivity contribution in [3.05, 3.63) is 17.7 Å². The van der Waals surface area contributed by atoms with Crippen LogP contribution < -0.4 is 20.1 Å². The van der Waals surface area contributed by atoms with E-state index in [1.807, 2.05) is 26.1 Å². The van der Waals surface area contributed by atoms with Gasteiger partial charge in [0.25, 0.3) is 0 Å². The van der Waals surface area contributed by atoms with Gasteiger partial charge in [-0.25, -0.2) is 0 Å². The highest BCUT2D eigenvalue weighted by atomic mass is 16.5. The van der Waals surface area contributed by atoms with Crippen molar-refractivity contribution in [3.63, 3.8) is 0 Å². The van der Waals surface area contributed by atoms with Crippen molar-refractivity contribution in [1.29, 1.82) is 0 Å². The number of hydrogen-bond donors (Lipinski definition) is 2. The van der Waals surface area contributed by atoms with Crippen LogP contribution in [0.1, 0.15) is 5.56 Å². The number of nitrogens with one attached hydrogen (secondary N) is 2. The van der Waals surface area contributed by atoms with Gasteiger partial charge >= 0.3 is 0 Å². The summed E-state index contributed by atoms with van der Waals surface area (Å²) in [6, 6.07) is 3.87. The Labute approximate surface area is 90.6 Å². The Kier molecular flexibility index (Phi) is 4.24. The molecule has 0 heterocycles. The molecule has 0 aliphatic rings. The molecule has 84 valence electrons. The van der Waals surface area contributed by atoms with E-state index in [0.29, 0.717) is 6.67 Å². The fraction of sp³-hybridized carbons (Fsp3) is 0.455. The van der Waals surface area contributed by atoms with Crippen LogP contribution in [0.2, 0.25) is 0 Å². The molecule has 0 radical (unpaired) electrons. The van der Waals surface area contributed by atoms with E-state index in [9.17, 15) is 0 Å². The number of rotatable bonds is 5. The number of hydrogen-bond acceptors (Lipinski definition) is 4. The van der Waals surface area contributed by atoms with Gasteiger partial charge in [0, 0.05) is 5.56 Å². The number of anilines is 1. The third-order valence-corrected chi connectivity index (χ3v) is 2.24. The molecule has 1 rings (SSSR count). The van der Waals surface area contributed by atoms with E-state index in [-0.39, 0.29) is 0 Å². The summed E-state index contributed by atoms with van der Waals surface area (Å²) in [5.74, 6) is 1.66. The van der Waals surface area contributed by atoms with Crippen LogP contribution in [0.5, 0.6) is 11.5 Å². The van der Waals surface area contributed by atoms with Gasteiger partial charge in [-0.15, -0.1) is 0 Å². The molecule has 0 aromatic heterocycles. The highest BCUT2D eigenvalue weighted by molar-refractivity contribution is 5.63. The van der Waals surface area contributed by atoms with E-state index in [4.69, 9.17) is 9.47 Å². The molecule has 4 nitrogen and oxygen atoms in total. The SMILES string of the molecule is CNCNc1ccc(OC)c(C)c1OC. The zero-order valence-corrected chi connectivity index (χ0v) is 9.68. The Balaban J connectivity index is 3.01. The van der Waals surface area contributed by atoms with Crippen LogP contribution in [0.4, 0.5) is 5.69 Å². The van der Waals surface area contributed by atoms with Crippen molar-refractivity contribution >= 4 is 5.69 Å². The lowest BCUT2D eigenvalue weighted by Gasteiger charge is -2.15. The molecule has 0 aliphatic heterocycles. The second-order valence-corrected chi connectivity index (χ2v) is 3.18. The molecule has 0 aliphatic carbocycles. The van der Waals surface area contributed by atoms with Gasteiger partial charge in [-0.05, 0) is 26.1 Å². The van der Waals surface area contributed by atoms with Crippen molar-refractivity contribution in [1.82, 2.24) is 5.32 Å². The summed E-state index contributed by atoms with van der Waals surface area (Å²) in [5, 5.41) is 6.23. The Morgan fingerprint density at radius 1 is 1.20 bits per heavy atom. The van der Waals surface area contributed by atoms with Crippen LogP contribution >= 0.6 is 0 Å². The molecule has 1 aromatic carbocycles. The van der Waals surface area contributed by atoms with Crippen LogP contribution in [0, 0.1) is 6.92 Å². The third-order valence-electron chi connectivity index (χ3n) is 2.24. The summed E-state index contributed by atoms with van der Waals surface area (Å²) in [6.45, 7) is 2.67. The summed E-state index contributed by atoms with van der Waals surface area (Å²) < 4.78 is 10.6. The van der Waals surface area contributed by atoms with Gasteiger partial charge in [-0.3, -0.25) is 0 Å². The minimum Gasteiger partial charge on any atom is -0.496 e. The summed E-state index contributed by atoms with van der Waals surface area (Å²) in [7, 11) is 5.20. The summed E-state index contributed by atoms with van der Waals surface area (Å²) in [6.07, 6.45) is 0. The maximum atomic E-state index is 5.35. The van der Waals surface area contributed by atoms with Crippen molar-refractivity contribution in [2.45, 2.75) is 6.92 Å². The highest BCUT2D eigenvalue weighted by Gasteiger charge is 2.10. The molecule has 1 aromatic rings. The van der Waals surface area contributed by atoms with Crippen LogP contribution in [0.15, 0.2) is 12.1 Å². The van der Waals surface area contributed by atoms with E-state index >= 15 is 0 Å². The minimum atomic E-state index is 0.697. The average Bonchev–Trinajstić information content (AvgIpc) is 2.26. The Morgan fingerprint density at radius 2 is 1.93 bits per heavy atom. The zero-order chi connectivity index (χ0) is 11.3. The number of ether oxygens (including phenoxy) is 2. The Hall–Kier alpha value is -1.42. The monoisotopic (exact) mass is 210 g/mol. The molecular weight excluding hydrogens is 192 g/mol. The molecule has 0 fully saturated rings. The van der Waals surface area contributed by atoms with Gasteiger partial charge < -0.3 is 20.1 Å². The highest BCUT2D eigenvalue weighted by Crippen LogP contribution is 2.34. The predicted molar refractivity (Wildman–Crippen MR) is 61.8 cm³/mol. The van der Waals surface area contributed by atoms with Crippen LogP contribution in [0.3, 0.4) is 0 Å².